The van der Waals surface area contributed by atoms with Crippen molar-refractivity contribution >= 4 is 12.2 Å². The van der Waals surface area contributed by atoms with Crippen molar-refractivity contribution in [2.45, 2.75) is 59.3 Å². The van der Waals surface area contributed by atoms with Gasteiger partial charge in [-0.05, 0) is 49.1 Å². The second kappa shape index (κ2) is 13.0. The highest BCUT2D eigenvalue weighted by Gasteiger charge is 2.28. The van der Waals surface area contributed by atoms with Crippen molar-refractivity contribution in [2.24, 2.45) is 4.99 Å². The Labute approximate surface area is 236 Å². The molecule has 2 aromatic heterocycles. The van der Waals surface area contributed by atoms with E-state index < -0.39 is 17.4 Å². The van der Waals surface area contributed by atoms with E-state index >= 15 is 0 Å². The fraction of sp³-hybridized carbons (Fsp3) is 0.310. The molecule has 2 heterocycles. The summed E-state index contributed by atoms with van der Waals surface area (Å²) in [5.41, 5.74) is 2.22. The molecule has 0 unspecified atom stereocenters. The first-order valence-corrected chi connectivity index (χ1v) is 13.1. The third-order valence-corrected chi connectivity index (χ3v) is 6.08. The maximum absolute atomic E-state index is 13.3. The lowest BCUT2D eigenvalue weighted by molar-refractivity contribution is -0.141. The molecule has 3 N–H and O–H groups in total. The molecule has 4 aromatic rings. The lowest BCUT2D eigenvalue weighted by atomic mass is 9.98. The van der Waals surface area contributed by atoms with Crippen molar-refractivity contribution in [1.82, 2.24) is 25.9 Å². The molecule has 0 saturated heterocycles. The van der Waals surface area contributed by atoms with Crippen LogP contribution in [0.4, 0.5) is 0 Å². The Balaban J connectivity index is 1.58. The van der Waals surface area contributed by atoms with Gasteiger partial charge in [0.15, 0.2) is 18.1 Å². The van der Waals surface area contributed by atoms with E-state index in [1.165, 1.54) is 20.8 Å². The van der Waals surface area contributed by atoms with Crippen LogP contribution in [-0.2, 0) is 22.7 Å². The summed E-state index contributed by atoms with van der Waals surface area (Å²) in [6.07, 6.45) is 3.16. The first-order valence-electron chi connectivity index (χ1n) is 13.1. The predicted molar refractivity (Wildman–Crippen MR) is 150 cm³/mol. The molecule has 0 amide bonds. The monoisotopic (exact) mass is 560 g/mol. The van der Waals surface area contributed by atoms with E-state index in [0.29, 0.717) is 12.2 Å². The second-order valence-electron chi connectivity index (χ2n) is 9.72. The summed E-state index contributed by atoms with van der Waals surface area (Å²) in [7, 11) is 0. The van der Waals surface area contributed by atoms with Crippen LogP contribution in [0.25, 0.3) is 22.5 Å². The van der Waals surface area contributed by atoms with Gasteiger partial charge < -0.3 is 24.0 Å². The standard InChI is InChI=1S/C29H32N6O6/c1-5-6-15-30-25(29(3,4)38)24(27(36)39-17-23-18(2)40-28(37)41-23)31-16-19-11-13-20(14-12-19)21-9-7-8-10-22(21)26-32-34-35-33-26/h7-15,31,38H,5-6,16-17H2,1-4H3,(H,32,33,34,35)/b25-24-,30-15?. The van der Waals surface area contributed by atoms with E-state index in [4.69, 9.17) is 13.6 Å². The number of ether oxygens (including phenoxy) is 1. The number of unbranched alkanes of at least 4 members (excludes halogenated alkanes) is 1. The molecule has 0 aliphatic rings. The maximum atomic E-state index is 13.3. The molecule has 4 rings (SSSR count). The number of aliphatic imine (C=N–C) groups is 1. The Kier molecular flexibility index (Phi) is 9.25. The van der Waals surface area contributed by atoms with Gasteiger partial charge in [0.1, 0.15) is 17.0 Å². The van der Waals surface area contributed by atoms with E-state index in [2.05, 4.69) is 30.9 Å². The van der Waals surface area contributed by atoms with Gasteiger partial charge in [0.25, 0.3) is 0 Å². The smallest absolute Gasteiger partial charge is 0.453 e. The molecule has 12 heteroatoms. The number of rotatable bonds is 12. The van der Waals surface area contributed by atoms with E-state index in [0.717, 1.165) is 28.7 Å². The third kappa shape index (κ3) is 7.42. The number of hydrogen-bond acceptors (Lipinski definition) is 11. The minimum atomic E-state index is -1.47. The lowest BCUT2D eigenvalue weighted by Crippen LogP contribution is -2.31. The van der Waals surface area contributed by atoms with Gasteiger partial charge in [0, 0.05) is 18.3 Å². The Morgan fingerprint density at radius 3 is 2.49 bits per heavy atom. The average Bonchev–Trinajstić information content (AvgIpc) is 3.60. The predicted octanol–water partition coefficient (Wildman–Crippen LogP) is 4.07. The Bertz CT molecular complexity index is 1580. The number of carbonyl (C=O) groups is 1. The molecule has 0 aliphatic carbocycles. The van der Waals surface area contributed by atoms with Crippen LogP contribution in [0, 0.1) is 6.92 Å². The fourth-order valence-electron chi connectivity index (χ4n) is 3.97. The van der Waals surface area contributed by atoms with E-state index in [-0.39, 0.29) is 36.1 Å². The summed E-state index contributed by atoms with van der Waals surface area (Å²) in [5.74, 6) is -0.853. The number of aromatic amines is 1. The molecular formula is C29H32N6O6. The van der Waals surface area contributed by atoms with Crippen molar-refractivity contribution in [3.05, 3.63) is 87.6 Å². The highest BCUT2D eigenvalue weighted by atomic mass is 16.6. The second-order valence-corrected chi connectivity index (χ2v) is 9.72. The Hall–Kier alpha value is -4.84. The lowest BCUT2D eigenvalue weighted by Gasteiger charge is -2.22. The third-order valence-electron chi connectivity index (χ3n) is 6.08. The first kappa shape index (κ1) is 29.2. The van der Waals surface area contributed by atoms with Crippen molar-refractivity contribution in [2.75, 3.05) is 0 Å². The summed E-state index contributed by atoms with van der Waals surface area (Å²) >= 11 is 0. The molecule has 2 aromatic carbocycles. The number of benzene rings is 2. The molecule has 41 heavy (non-hydrogen) atoms. The topological polar surface area (TPSA) is 169 Å². The molecule has 0 bridgehead atoms. The number of aliphatic hydroxyl groups is 1. The van der Waals surface area contributed by atoms with Crippen molar-refractivity contribution < 1.29 is 23.5 Å². The van der Waals surface area contributed by atoms with E-state index in [9.17, 15) is 14.7 Å². The van der Waals surface area contributed by atoms with Gasteiger partial charge >= 0.3 is 11.8 Å². The van der Waals surface area contributed by atoms with Gasteiger partial charge in [0.2, 0.25) is 5.82 Å². The summed E-state index contributed by atoms with van der Waals surface area (Å²) < 4.78 is 15.2. The van der Waals surface area contributed by atoms with Crippen molar-refractivity contribution in [1.29, 1.82) is 0 Å². The van der Waals surface area contributed by atoms with Gasteiger partial charge in [-0.15, -0.1) is 10.2 Å². The SMILES string of the molecule is CCCC=N/C(=C(\NCc1ccc(-c2ccccc2-c2nn[nH]n2)cc1)C(=O)OCc1oc(=O)oc1C)C(C)(C)O. The zero-order valence-electron chi connectivity index (χ0n) is 23.3. The summed E-state index contributed by atoms with van der Waals surface area (Å²) in [4.78, 5) is 29.1. The van der Waals surface area contributed by atoms with Crippen molar-refractivity contribution in [3.8, 4) is 22.5 Å². The van der Waals surface area contributed by atoms with E-state index in [1.54, 1.807) is 6.21 Å². The number of tetrazole rings is 1. The van der Waals surface area contributed by atoms with Crippen LogP contribution < -0.4 is 11.1 Å². The largest absolute Gasteiger partial charge is 0.519 e. The van der Waals surface area contributed by atoms with Crippen molar-refractivity contribution in [3.63, 3.8) is 0 Å². The number of carbonyl (C=O) groups excluding carboxylic acids is 1. The van der Waals surface area contributed by atoms with Crippen LogP contribution >= 0.6 is 0 Å². The van der Waals surface area contributed by atoms with Crippen LogP contribution in [0.3, 0.4) is 0 Å². The minimum absolute atomic E-state index is 0.0140. The highest BCUT2D eigenvalue weighted by Crippen LogP contribution is 2.30. The number of nitrogens with zero attached hydrogens (tertiary/aromatic N) is 4. The van der Waals surface area contributed by atoms with Crippen LogP contribution in [0.1, 0.15) is 50.7 Å². The van der Waals surface area contributed by atoms with Gasteiger partial charge in [-0.1, -0.05) is 61.9 Å². The first-order chi connectivity index (χ1) is 19.7. The zero-order chi connectivity index (χ0) is 29.4. The number of H-pyrrole nitrogens is 1. The quantitative estimate of drug-likeness (QED) is 0.130. The molecule has 0 aliphatic heterocycles. The molecule has 0 spiro atoms. The molecule has 0 radical (unpaired) electrons. The van der Waals surface area contributed by atoms with Crippen LogP contribution in [0.5, 0.6) is 0 Å². The van der Waals surface area contributed by atoms with Crippen LogP contribution in [0.2, 0.25) is 0 Å². The molecule has 0 atom stereocenters. The van der Waals surface area contributed by atoms with E-state index in [1.807, 2.05) is 55.5 Å². The number of esters is 1. The number of nitrogens with one attached hydrogen (secondary N) is 2. The number of aryl methyl sites for hydroxylation is 1. The number of aromatic nitrogens is 4. The molecule has 12 nitrogen and oxygen atoms in total. The fourth-order valence-corrected chi connectivity index (χ4v) is 3.97. The molecular weight excluding hydrogens is 528 g/mol. The molecule has 0 fully saturated rings. The van der Waals surface area contributed by atoms with Crippen LogP contribution in [0.15, 0.2) is 78.5 Å². The Morgan fingerprint density at radius 2 is 1.88 bits per heavy atom. The van der Waals surface area contributed by atoms with Gasteiger partial charge in [-0.3, -0.25) is 4.99 Å². The summed E-state index contributed by atoms with van der Waals surface area (Å²) in [6, 6.07) is 15.5. The Morgan fingerprint density at radius 1 is 1.15 bits per heavy atom. The maximum Gasteiger partial charge on any atom is 0.519 e. The van der Waals surface area contributed by atoms with Gasteiger partial charge in [-0.25, -0.2) is 9.59 Å². The normalized spacial score (nSPS) is 12.4. The average molecular weight is 561 g/mol. The summed E-state index contributed by atoms with van der Waals surface area (Å²) in [6.45, 7) is 6.52. The van der Waals surface area contributed by atoms with Gasteiger partial charge in [0.05, 0.1) is 0 Å². The van der Waals surface area contributed by atoms with Gasteiger partial charge in [-0.2, -0.15) is 5.21 Å². The van der Waals surface area contributed by atoms with Crippen LogP contribution in [-0.4, -0.2) is 43.5 Å². The molecule has 214 valence electrons. The minimum Gasteiger partial charge on any atom is -0.453 e. The number of hydrogen-bond donors (Lipinski definition) is 3. The highest BCUT2D eigenvalue weighted by molar-refractivity contribution is 5.89. The molecule has 0 saturated carbocycles. The summed E-state index contributed by atoms with van der Waals surface area (Å²) in [5, 5.41) is 28.3. The zero-order valence-corrected chi connectivity index (χ0v) is 23.3.